The first-order valence-electron chi connectivity index (χ1n) is 13.1. The Kier molecular flexibility index (Phi) is 8.78. The Labute approximate surface area is 229 Å². The average molecular weight is 527 g/mol. The third kappa shape index (κ3) is 6.18. The van der Waals surface area contributed by atoms with Crippen LogP contribution in [0.3, 0.4) is 0 Å². The molecule has 0 saturated heterocycles. The number of hydrogen-bond donors (Lipinski definition) is 2. The van der Waals surface area contributed by atoms with Gasteiger partial charge in [0.25, 0.3) is 5.91 Å². The van der Waals surface area contributed by atoms with Crippen LogP contribution in [0.5, 0.6) is 0 Å². The van der Waals surface area contributed by atoms with E-state index in [1.807, 2.05) is 54.6 Å². The lowest BCUT2D eigenvalue weighted by molar-refractivity contribution is -0.119. The molecule has 1 aliphatic rings. The Balaban J connectivity index is 1.64. The highest BCUT2D eigenvalue weighted by Gasteiger charge is 2.29. The first-order valence-corrected chi connectivity index (χ1v) is 13.1. The maximum atomic E-state index is 13.2. The number of carbonyl (C=O) groups excluding carboxylic acids is 3. The Bertz CT molecular complexity index is 1380. The molecule has 8 heteroatoms. The molecule has 2 amide bonds. The highest BCUT2D eigenvalue weighted by molar-refractivity contribution is 6.37. The molecule has 39 heavy (non-hydrogen) atoms. The van der Waals surface area contributed by atoms with Crippen molar-refractivity contribution >= 4 is 46.1 Å². The molecule has 0 radical (unpaired) electrons. The summed E-state index contributed by atoms with van der Waals surface area (Å²) in [6.07, 6.45) is 0.999. The van der Waals surface area contributed by atoms with Crippen molar-refractivity contribution in [2.45, 2.75) is 20.3 Å². The molecule has 1 aliphatic heterocycles. The van der Waals surface area contributed by atoms with Crippen molar-refractivity contribution in [3.63, 3.8) is 0 Å². The number of ether oxygens (including phenoxy) is 1. The van der Waals surface area contributed by atoms with Crippen molar-refractivity contribution in [2.24, 2.45) is 0 Å². The Morgan fingerprint density at radius 1 is 0.949 bits per heavy atom. The number of nitrogens with one attached hydrogen (secondary N) is 2. The molecule has 0 unspecified atom stereocenters. The van der Waals surface area contributed by atoms with Gasteiger partial charge >= 0.3 is 5.97 Å². The maximum absolute atomic E-state index is 13.2. The average Bonchev–Trinajstić information content (AvgIpc) is 3.30. The van der Waals surface area contributed by atoms with Gasteiger partial charge in [-0.1, -0.05) is 50.2 Å². The third-order valence-corrected chi connectivity index (χ3v) is 6.74. The van der Waals surface area contributed by atoms with Crippen LogP contribution < -0.4 is 15.5 Å². The Hall–Kier alpha value is -4.43. The van der Waals surface area contributed by atoms with Crippen molar-refractivity contribution in [1.29, 1.82) is 0 Å². The van der Waals surface area contributed by atoms with Gasteiger partial charge in [0.05, 0.1) is 36.2 Å². The summed E-state index contributed by atoms with van der Waals surface area (Å²) in [6.45, 7) is 6.25. The maximum Gasteiger partial charge on any atom is 0.337 e. The highest BCUT2D eigenvalue weighted by Crippen LogP contribution is 2.38. The molecule has 0 aliphatic carbocycles. The van der Waals surface area contributed by atoms with Crippen LogP contribution in [0, 0.1) is 0 Å². The molecular formula is C31H34N4O4. The summed E-state index contributed by atoms with van der Waals surface area (Å²) < 4.78 is 4.82. The molecular weight excluding hydrogens is 492 g/mol. The molecule has 0 atom stereocenters. The van der Waals surface area contributed by atoms with E-state index in [1.165, 1.54) is 7.11 Å². The van der Waals surface area contributed by atoms with E-state index in [4.69, 9.17) is 4.74 Å². The number of carbonyl (C=O) groups is 3. The van der Waals surface area contributed by atoms with E-state index in [0.29, 0.717) is 34.6 Å². The predicted octanol–water partition coefficient (Wildman–Crippen LogP) is 5.10. The molecule has 8 nitrogen and oxygen atoms in total. The summed E-state index contributed by atoms with van der Waals surface area (Å²) in [6, 6.07) is 22.2. The van der Waals surface area contributed by atoms with Crippen LogP contribution in [-0.2, 0) is 14.3 Å². The number of esters is 1. The number of rotatable bonds is 10. The van der Waals surface area contributed by atoms with Crippen LogP contribution in [0.25, 0.3) is 11.3 Å². The van der Waals surface area contributed by atoms with Gasteiger partial charge in [-0.3, -0.25) is 14.5 Å². The summed E-state index contributed by atoms with van der Waals surface area (Å²) in [5, 5.41) is 6.30. The topological polar surface area (TPSA) is 91.0 Å². The zero-order valence-corrected chi connectivity index (χ0v) is 22.8. The van der Waals surface area contributed by atoms with Gasteiger partial charge in [0.1, 0.15) is 0 Å². The quantitative estimate of drug-likeness (QED) is 0.282. The molecule has 4 rings (SSSR count). The van der Waals surface area contributed by atoms with Gasteiger partial charge in [-0.25, -0.2) is 4.79 Å². The fourth-order valence-corrected chi connectivity index (χ4v) is 4.57. The zero-order valence-electron chi connectivity index (χ0n) is 22.8. The molecule has 3 aromatic carbocycles. The van der Waals surface area contributed by atoms with Crippen LogP contribution in [0.2, 0.25) is 0 Å². The van der Waals surface area contributed by atoms with E-state index in [1.54, 1.807) is 30.1 Å². The number of benzene rings is 3. The fraction of sp³-hybridized carbons (Fsp3) is 0.258. The minimum Gasteiger partial charge on any atom is -0.465 e. The minimum absolute atomic E-state index is 0.0312. The molecule has 3 aromatic rings. The van der Waals surface area contributed by atoms with Crippen LogP contribution >= 0.6 is 0 Å². The molecule has 2 N–H and O–H groups in total. The summed E-state index contributed by atoms with van der Waals surface area (Å²) in [5.74, 6) is -0.710. The van der Waals surface area contributed by atoms with Crippen LogP contribution in [-0.4, -0.2) is 56.5 Å². The lowest BCUT2D eigenvalue weighted by Crippen LogP contribution is -2.38. The third-order valence-electron chi connectivity index (χ3n) is 6.74. The Morgan fingerprint density at radius 2 is 1.67 bits per heavy atom. The van der Waals surface area contributed by atoms with Gasteiger partial charge in [0, 0.05) is 24.0 Å². The smallest absolute Gasteiger partial charge is 0.337 e. The molecule has 202 valence electrons. The summed E-state index contributed by atoms with van der Waals surface area (Å²) >= 11 is 0. The van der Waals surface area contributed by atoms with Gasteiger partial charge in [-0.05, 0) is 61.5 Å². The largest absolute Gasteiger partial charge is 0.465 e. The van der Waals surface area contributed by atoms with Gasteiger partial charge in [0.15, 0.2) is 0 Å². The number of hydrogen-bond acceptors (Lipinski definition) is 6. The standard InChI is InChI=1S/C31H34N4O4/c1-5-18-35(6-2)20-27(36)34(3)24-15-13-23(14-16-24)32-29(21-10-8-7-9-11-21)28-25-17-12-22(31(38)39-4)19-26(25)33-30(28)37/h7-17,19,32H,5-6,18,20H2,1-4H3,(H,33,37)/b29-28-. The number of fused-ring (bicyclic) bond motifs is 1. The molecule has 0 saturated carbocycles. The second-order valence-corrected chi connectivity index (χ2v) is 9.32. The van der Waals surface area contributed by atoms with E-state index in [9.17, 15) is 14.4 Å². The lowest BCUT2D eigenvalue weighted by atomic mass is 9.99. The van der Waals surface area contributed by atoms with Gasteiger partial charge in [-0.2, -0.15) is 0 Å². The van der Waals surface area contributed by atoms with Crippen molar-refractivity contribution in [2.75, 3.05) is 49.3 Å². The highest BCUT2D eigenvalue weighted by atomic mass is 16.5. The second-order valence-electron chi connectivity index (χ2n) is 9.32. The predicted molar refractivity (Wildman–Crippen MR) is 156 cm³/mol. The molecule has 0 spiro atoms. The summed E-state index contributed by atoms with van der Waals surface area (Å²) in [4.78, 5) is 41.8. The summed E-state index contributed by atoms with van der Waals surface area (Å²) in [5.41, 5.74) is 5.08. The number of anilines is 3. The van der Waals surface area contributed by atoms with Crippen molar-refractivity contribution < 1.29 is 19.1 Å². The van der Waals surface area contributed by atoms with E-state index in [-0.39, 0.29) is 11.8 Å². The summed E-state index contributed by atoms with van der Waals surface area (Å²) in [7, 11) is 3.10. The number of nitrogens with zero attached hydrogens (tertiary/aromatic N) is 2. The first-order chi connectivity index (χ1) is 18.9. The van der Waals surface area contributed by atoms with Gasteiger partial charge < -0.3 is 20.3 Å². The van der Waals surface area contributed by atoms with Crippen LogP contribution in [0.1, 0.15) is 41.8 Å². The van der Waals surface area contributed by atoms with E-state index < -0.39 is 5.97 Å². The molecule has 0 bridgehead atoms. The fourth-order valence-electron chi connectivity index (χ4n) is 4.57. The van der Waals surface area contributed by atoms with Crippen LogP contribution in [0.4, 0.5) is 17.1 Å². The normalized spacial score (nSPS) is 13.5. The molecule has 1 heterocycles. The number of likely N-dealkylation sites (N-methyl/N-ethyl adjacent to an activating group) is 2. The van der Waals surface area contributed by atoms with E-state index >= 15 is 0 Å². The zero-order chi connectivity index (χ0) is 27.9. The monoisotopic (exact) mass is 526 g/mol. The minimum atomic E-state index is -0.470. The van der Waals surface area contributed by atoms with Crippen LogP contribution in [0.15, 0.2) is 72.8 Å². The van der Waals surface area contributed by atoms with Crippen molar-refractivity contribution in [1.82, 2.24) is 4.90 Å². The van der Waals surface area contributed by atoms with E-state index in [2.05, 4.69) is 29.4 Å². The van der Waals surface area contributed by atoms with Crippen molar-refractivity contribution in [3.8, 4) is 0 Å². The van der Waals surface area contributed by atoms with E-state index in [0.717, 1.165) is 36.4 Å². The molecule has 0 fully saturated rings. The first kappa shape index (κ1) is 27.6. The Morgan fingerprint density at radius 3 is 2.31 bits per heavy atom. The lowest BCUT2D eigenvalue weighted by Gasteiger charge is -2.24. The second kappa shape index (κ2) is 12.4. The van der Waals surface area contributed by atoms with Crippen molar-refractivity contribution in [3.05, 3.63) is 89.5 Å². The van der Waals surface area contributed by atoms with Gasteiger partial charge in [0.2, 0.25) is 5.91 Å². The number of methoxy groups -OCH3 is 1. The molecule has 0 aromatic heterocycles. The SMILES string of the molecule is CCCN(CC)CC(=O)N(C)c1ccc(N/C(=C2\C(=O)Nc3cc(C(=O)OC)ccc32)c2ccccc2)cc1. The van der Waals surface area contributed by atoms with Gasteiger partial charge in [-0.15, -0.1) is 0 Å². The number of amides is 2.